The molecule has 1 saturated heterocycles. The summed E-state index contributed by atoms with van der Waals surface area (Å²) in [4.78, 5) is 36.4. The first kappa shape index (κ1) is 28.2. The van der Waals surface area contributed by atoms with Crippen molar-refractivity contribution in [3.63, 3.8) is 0 Å². The number of halogens is 1. The van der Waals surface area contributed by atoms with E-state index in [1.165, 1.54) is 26.3 Å². The molecule has 3 aromatic rings. The van der Waals surface area contributed by atoms with Crippen LogP contribution >= 0.6 is 11.6 Å². The van der Waals surface area contributed by atoms with Gasteiger partial charge in [-0.25, -0.2) is 4.98 Å². The standard InChI is InChI=1S/C29H37ClN6O4/c1-4-18(2)36-24-9-8-20(14-19(24)15-25(28(36)38)39-17-26(37)31-3)33-27-23(30)16-32-29(34-27)35-12-10-22(11-13-35)40-21-6-5-7-21/h8-9,14-16,18,21-22H,4-7,10-13,17H2,1-3H3,(H,31,37)(H,32,33,34). The van der Waals surface area contributed by atoms with Gasteiger partial charge in [-0.3, -0.25) is 9.59 Å². The molecule has 1 atom stereocenters. The average molecular weight is 569 g/mol. The first-order valence-corrected chi connectivity index (χ1v) is 14.5. The number of fused-ring (bicyclic) bond motifs is 1. The second kappa shape index (κ2) is 12.4. The van der Waals surface area contributed by atoms with Crippen molar-refractivity contribution in [3.8, 4) is 5.75 Å². The maximum atomic E-state index is 13.2. The van der Waals surface area contributed by atoms with Gasteiger partial charge in [-0.15, -0.1) is 0 Å². The highest BCUT2D eigenvalue weighted by atomic mass is 35.5. The van der Waals surface area contributed by atoms with Crippen LogP contribution < -0.4 is 25.8 Å². The zero-order valence-electron chi connectivity index (χ0n) is 23.3. The molecular weight excluding hydrogens is 532 g/mol. The molecule has 0 bridgehead atoms. The van der Waals surface area contributed by atoms with Gasteiger partial charge < -0.3 is 29.6 Å². The first-order chi connectivity index (χ1) is 19.4. The Bertz CT molecular complexity index is 1420. The lowest BCUT2D eigenvalue weighted by Gasteiger charge is -2.36. The van der Waals surface area contributed by atoms with Crippen molar-refractivity contribution < 1.29 is 14.3 Å². The normalized spacial score (nSPS) is 16.9. The van der Waals surface area contributed by atoms with Crippen LogP contribution in [0.3, 0.4) is 0 Å². The molecule has 2 aromatic heterocycles. The number of nitrogens with one attached hydrogen (secondary N) is 2. The number of anilines is 3. The first-order valence-electron chi connectivity index (χ1n) is 14.1. The summed E-state index contributed by atoms with van der Waals surface area (Å²) in [6, 6.07) is 7.33. The maximum absolute atomic E-state index is 13.2. The number of carbonyl (C=O) groups is 1. The average Bonchev–Trinajstić information content (AvgIpc) is 2.95. The monoisotopic (exact) mass is 568 g/mol. The highest BCUT2D eigenvalue weighted by Crippen LogP contribution is 2.31. The van der Waals surface area contributed by atoms with E-state index in [4.69, 9.17) is 26.1 Å². The Morgan fingerprint density at radius 3 is 2.60 bits per heavy atom. The summed E-state index contributed by atoms with van der Waals surface area (Å²) in [5.41, 5.74) is 1.26. The van der Waals surface area contributed by atoms with Crippen LogP contribution in [0, 0.1) is 0 Å². The maximum Gasteiger partial charge on any atom is 0.293 e. The Kier molecular flexibility index (Phi) is 8.75. The predicted molar refractivity (Wildman–Crippen MR) is 157 cm³/mol. The Balaban J connectivity index is 1.37. The molecule has 1 amide bonds. The molecule has 0 spiro atoms. The van der Waals surface area contributed by atoms with Crippen molar-refractivity contribution >= 4 is 45.9 Å². The minimum atomic E-state index is -0.311. The molecule has 2 N–H and O–H groups in total. The highest BCUT2D eigenvalue weighted by Gasteiger charge is 2.27. The molecule has 11 heteroatoms. The number of rotatable bonds is 10. The van der Waals surface area contributed by atoms with Crippen LogP contribution in [0.15, 0.2) is 35.3 Å². The minimum Gasteiger partial charge on any atom is -0.478 e. The quantitative estimate of drug-likeness (QED) is 0.358. The smallest absolute Gasteiger partial charge is 0.293 e. The topological polar surface area (TPSA) is 111 Å². The number of amides is 1. The molecular formula is C29H37ClN6O4. The molecule has 1 aliphatic carbocycles. The van der Waals surface area contributed by atoms with Gasteiger partial charge in [0.05, 0.1) is 23.9 Å². The third-order valence-electron chi connectivity index (χ3n) is 7.83. The zero-order chi connectivity index (χ0) is 28.2. The number of hydrogen-bond acceptors (Lipinski definition) is 8. The van der Waals surface area contributed by atoms with Crippen molar-refractivity contribution in [1.82, 2.24) is 19.9 Å². The second-order valence-corrected chi connectivity index (χ2v) is 11.0. The summed E-state index contributed by atoms with van der Waals surface area (Å²) in [5, 5.41) is 7.03. The molecule has 40 heavy (non-hydrogen) atoms. The summed E-state index contributed by atoms with van der Waals surface area (Å²) in [6.07, 6.45) is 8.69. The van der Waals surface area contributed by atoms with Crippen LogP contribution in [-0.2, 0) is 9.53 Å². The molecule has 1 aromatic carbocycles. The number of likely N-dealkylation sites (N-methyl/N-ethyl adjacent to an activating group) is 1. The van der Waals surface area contributed by atoms with Crippen molar-refractivity contribution in [1.29, 1.82) is 0 Å². The van der Waals surface area contributed by atoms with Crippen LogP contribution in [-0.4, -0.2) is 59.4 Å². The van der Waals surface area contributed by atoms with E-state index in [1.807, 2.05) is 32.0 Å². The highest BCUT2D eigenvalue weighted by molar-refractivity contribution is 6.32. The Morgan fingerprint density at radius 2 is 1.93 bits per heavy atom. The predicted octanol–water partition coefficient (Wildman–Crippen LogP) is 4.82. The van der Waals surface area contributed by atoms with Crippen LogP contribution in [0.25, 0.3) is 10.9 Å². The lowest BCUT2D eigenvalue weighted by molar-refractivity contribution is -0.122. The third kappa shape index (κ3) is 6.18. The van der Waals surface area contributed by atoms with Gasteiger partial charge in [-0.1, -0.05) is 18.5 Å². The van der Waals surface area contributed by atoms with Gasteiger partial charge in [0.1, 0.15) is 5.02 Å². The van der Waals surface area contributed by atoms with E-state index in [-0.39, 0.29) is 29.9 Å². The molecule has 1 unspecified atom stereocenters. The number of carbonyl (C=O) groups excluding carboxylic acids is 1. The molecule has 10 nitrogen and oxygen atoms in total. The summed E-state index contributed by atoms with van der Waals surface area (Å²) >= 11 is 6.49. The van der Waals surface area contributed by atoms with Crippen LogP contribution in [0.4, 0.5) is 17.5 Å². The van der Waals surface area contributed by atoms with Crippen molar-refractivity contribution in [3.05, 3.63) is 45.8 Å². The SMILES string of the molecule is CCC(C)n1c(=O)c(OCC(=O)NC)cc2cc(Nc3nc(N4CCC(OC5CCC5)CC4)ncc3Cl)ccc21. The molecule has 1 aliphatic heterocycles. The Hall–Kier alpha value is -3.37. The largest absolute Gasteiger partial charge is 0.478 e. The van der Waals surface area contributed by atoms with Gasteiger partial charge in [-0.05, 0) is 69.7 Å². The van der Waals surface area contributed by atoms with Gasteiger partial charge in [0.25, 0.3) is 11.5 Å². The number of nitrogens with zero attached hydrogens (tertiary/aromatic N) is 4. The van der Waals surface area contributed by atoms with Gasteiger partial charge in [0.15, 0.2) is 18.2 Å². The molecule has 5 rings (SSSR count). The fourth-order valence-corrected chi connectivity index (χ4v) is 5.18. The molecule has 3 heterocycles. The van der Waals surface area contributed by atoms with Gasteiger partial charge in [0, 0.05) is 37.3 Å². The number of benzene rings is 1. The Labute approximate surface area is 239 Å². The fraction of sp³-hybridized carbons (Fsp3) is 0.517. The number of hydrogen-bond donors (Lipinski definition) is 2. The molecule has 0 radical (unpaired) electrons. The number of pyridine rings is 1. The minimum absolute atomic E-state index is 0.0560. The van der Waals surface area contributed by atoms with Crippen molar-refractivity contribution in [2.45, 2.75) is 70.6 Å². The molecule has 2 fully saturated rings. The summed E-state index contributed by atoms with van der Waals surface area (Å²) in [7, 11) is 1.53. The summed E-state index contributed by atoms with van der Waals surface area (Å²) in [6.45, 7) is 5.44. The zero-order valence-corrected chi connectivity index (χ0v) is 24.0. The lowest BCUT2D eigenvalue weighted by Crippen LogP contribution is -2.40. The van der Waals surface area contributed by atoms with E-state index >= 15 is 0 Å². The van der Waals surface area contributed by atoms with E-state index in [2.05, 4.69) is 20.5 Å². The fourth-order valence-electron chi connectivity index (χ4n) is 5.04. The molecule has 1 saturated carbocycles. The molecule has 214 valence electrons. The number of piperidine rings is 1. The van der Waals surface area contributed by atoms with Crippen LogP contribution in [0.2, 0.25) is 5.02 Å². The van der Waals surface area contributed by atoms with Crippen molar-refractivity contribution in [2.24, 2.45) is 0 Å². The van der Waals surface area contributed by atoms with Crippen LogP contribution in [0.1, 0.15) is 58.4 Å². The van der Waals surface area contributed by atoms with E-state index in [0.717, 1.165) is 48.9 Å². The second-order valence-electron chi connectivity index (χ2n) is 10.5. The van der Waals surface area contributed by atoms with Crippen LogP contribution in [0.5, 0.6) is 5.75 Å². The summed E-state index contributed by atoms with van der Waals surface area (Å²) < 4.78 is 13.5. The molecule has 2 aliphatic rings. The van der Waals surface area contributed by atoms with Gasteiger partial charge >= 0.3 is 0 Å². The third-order valence-corrected chi connectivity index (χ3v) is 8.11. The summed E-state index contributed by atoms with van der Waals surface area (Å²) in [5.74, 6) is 0.949. The van der Waals surface area contributed by atoms with Crippen molar-refractivity contribution in [2.75, 3.05) is 37.0 Å². The lowest BCUT2D eigenvalue weighted by atomic mass is 9.95. The Morgan fingerprint density at radius 1 is 1.18 bits per heavy atom. The number of aromatic nitrogens is 3. The van der Waals surface area contributed by atoms with Gasteiger partial charge in [-0.2, -0.15) is 4.98 Å². The van der Waals surface area contributed by atoms with Gasteiger partial charge in [0.2, 0.25) is 5.95 Å². The van der Waals surface area contributed by atoms with E-state index in [1.54, 1.807) is 16.8 Å². The van der Waals surface area contributed by atoms with E-state index in [0.29, 0.717) is 29.0 Å². The number of ether oxygens (including phenoxy) is 2. The van der Waals surface area contributed by atoms with E-state index < -0.39 is 0 Å². The van der Waals surface area contributed by atoms with E-state index in [9.17, 15) is 9.59 Å².